The number of benzene rings is 1. The zero-order valence-electron chi connectivity index (χ0n) is 9.15. The molecule has 102 valence electrons. The molecule has 0 heterocycles. The van der Waals surface area contributed by atoms with E-state index >= 15 is 0 Å². The van der Waals surface area contributed by atoms with E-state index in [4.69, 9.17) is 0 Å². The van der Waals surface area contributed by atoms with Crippen LogP contribution in [0.25, 0.3) is 0 Å². The van der Waals surface area contributed by atoms with Crippen molar-refractivity contribution in [3.8, 4) is 5.75 Å². The highest BCUT2D eigenvalue weighted by atomic mass is 19.4. The molecule has 0 bridgehead atoms. The number of alkyl halides is 6. The van der Waals surface area contributed by atoms with E-state index in [1.165, 1.54) is 13.0 Å². The maximum absolute atomic E-state index is 12.7. The summed E-state index contributed by atoms with van der Waals surface area (Å²) < 4.78 is 76.2. The Morgan fingerprint density at radius 3 is 1.83 bits per heavy atom. The summed E-state index contributed by atoms with van der Waals surface area (Å²) in [5, 5.41) is 9.26. The zero-order chi connectivity index (χ0) is 14.4. The van der Waals surface area contributed by atoms with Crippen LogP contribution in [0.3, 0.4) is 0 Å². The van der Waals surface area contributed by atoms with Crippen molar-refractivity contribution in [2.75, 3.05) is 0 Å². The molecule has 1 aromatic rings. The third-order valence-electron chi connectivity index (χ3n) is 2.58. The predicted octanol–water partition coefficient (Wildman–Crippen LogP) is 2.26. The van der Waals surface area contributed by atoms with Crippen molar-refractivity contribution in [2.24, 2.45) is 0 Å². The van der Waals surface area contributed by atoms with Gasteiger partial charge >= 0.3 is 17.9 Å². The number of aryl methyl sites for hydroxylation is 1. The van der Waals surface area contributed by atoms with Crippen molar-refractivity contribution < 1.29 is 37.2 Å². The number of phenols is 1. The first-order valence-corrected chi connectivity index (χ1v) is 4.70. The van der Waals surface area contributed by atoms with E-state index in [-0.39, 0.29) is 5.56 Å². The van der Waals surface area contributed by atoms with Gasteiger partial charge in [0.15, 0.2) is 0 Å². The van der Waals surface area contributed by atoms with Gasteiger partial charge in [-0.3, -0.25) is 0 Å². The summed E-state index contributed by atoms with van der Waals surface area (Å²) in [5.74, 6) is -1.09. The summed E-state index contributed by atoms with van der Waals surface area (Å²) in [7, 11) is 0. The second kappa shape index (κ2) is 4.04. The minimum absolute atomic E-state index is 0.157. The SMILES string of the molecule is Cc1ccc(O)c(C([NH3+])(C(F)(F)F)C(F)(F)F)c1. The van der Waals surface area contributed by atoms with E-state index in [0.29, 0.717) is 6.07 Å². The van der Waals surface area contributed by atoms with Crippen LogP contribution in [0.2, 0.25) is 0 Å². The minimum atomic E-state index is -5.67. The van der Waals surface area contributed by atoms with Crippen molar-refractivity contribution in [1.29, 1.82) is 0 Å². The molecule has 0 aliphatic heterocycles. The largest absolute Gasteiger partial charge is 0.507 e. The van der Waals surface area contributed by atoms with E-state index in [1.54, 1.807) is 0 Å². The van der Waals surface area contributed by atoms with Crippen LogP contribution in [-0.4, -0.2) is 17.5 Å². The van der Waals surface area contributed by atoms with Crippen molar-refractivity contribution in [3.05, 3.63) is 29.3 Å². The molecule has 0 unspecified atom stereocenters. The van der Waals surface area contributed by atoms with Crippen LogP contribution in [0, 0.1) is 6.92 Å². The Hall–Kier alpha value is -1.44. The molecule has 8 heteroatoms. The Balaban J connectivity index is 3.61. The third-order valence-corrected chi connectivity index (χ3v) is 2.58. The van der Waals surface area contributed by atoms with Gasteiger partial charge in [0.2, 0.25) is 0 Å². The first-order chi connectivity index (χ1) is 7.91. The molecular formula is C10H10F6NO+. The molecule has 0 saturated heterocycles. The molecule has 4 N–H and O–H groups in total. The molecule has 1 aromatic carbocycles. The van der Waals surface area contributed by atoms with Crippen LogP contribution in [0.15, 0.2) is 18.2 Å². The molecular weight excluding hydrogens is 264 g/mol. The lowest BCUT2D eigenvalue weighted by Gasteiger charge is -2.30. The summed E-state index contributed by atoms with van der Waals surface area (Å²) in [6.07, 6.45) is -11.3. The van der Waals surface area contributed by atoms with E-state index in [0.717, 1.165) is 6.07 Å². The lowest BCUT2D eigenvalue weighted by molar-refractivity contribution is -0.604. The zero-order valence-corrected chi connectivity index (χ0v) is 9.15. The van der Waals surface area contributed by atoms with Crippen molar-refractivity contribution in [1.82, 2.24) is 0 Å². The van der Waals surface area contributed by atoms with Gasteiger partial charge in [0.1, 0.15) is 5.75 Å². The second-order valence-corrected chi connectivity index (χ2v) is 3.92. The van der Waals surface area contributed by atoms with E-state index in [1.807, 2.05) is 0 Å². The molecule has 0 aromatic heterocycles. The van der Waals surface area contributed by atoms with Crippen LogP contribution < -0.4 is 5.73 Å². The molecule has 2 nitrogen and oxygen atoms in total. The van der Waals surface area contributed by atoms with Gasteiger partial charge in [0.05, 0.1) is 5.56 Å². The highest BCUT2D eigenvalue weighted by Gasteiger charge is 2.74. The molecule has 18 heavy (non-hydrogen) atoms. The summed E-state index contributed by atoms with van der Waals surface area (Å²) in [6.45, 7) is 1.32. The molecule has 0 spiro atoms. The van der Waals surface area contributed by atoms with Gasteiger partial charge in [-0.1, -0.05) is 11.6 Å². The van der Waals surface area contributed by atoms with Gasteiger partial charge in [0, 0.05) is 0 Å². The van der Waals surface area contributed by atoms with E-state index in [2.05, 4.69) is 5.73 Å². The van der Waals surface area contributed by atoms with Crippen molar-refractivity contribution in [2.45, 2.75) is 24.8 Å². The standard InChI is InChI=1S/C10H9F6NO/c1-5-2-3-7(18)6(4-5)8(17,9(11,12)13)10(14,15)16/h2-4,18H,17H2,1H3/p+1. The predicted molar refractivity (Wildman–Crippen MR) is 49.5 cm³/mol. The summed E-state index contributed by atoms with van der Waals surface area (Å²) in [4.78, 5) is 0. The average molecular weight is 274 g/mol. The number of aromatic hydroxyl groups is 1. The van der Waals surface area contributed by atoms with Gasteiger partial charge < -0.3 is 10.8 Å². The van der Waals surface area contributed by atoms with Crippen LogP contribution >= 0.6 is 0 Å². The summed E-state index contributed by atoms with van der Waals surface area (Å²) in [6, 6.07) is 2.61. The van der Waals surface area contributed by atoms with Gasteiger partial charge in [-0.15, -0.1) is 0 Å². The fraction of sp³-hybridized carbons (Fsp3) is 0.400. The number of phenolic OH excluding ortho intramolecular Hbond substituents is 1. The number of halogens is 6. The maximum atomic E-state index is 12.7. The number of hydrogen-bond acceptors (Lipinski definition) is 1. The fourth-order valence-corrected chi connectivity index (χ4v) is 1.46. The fourth-order valence-electron chi connectivity index (χ4n) is 1.46. The van der Waals surface area contributed by atoms with Crippen LogP contribution in [0.4, 0.5) is 26.3 Å². The molecule has 1 rings (SSSR count). The van der Waals surface area contributed by atoms with E-state index < -0.39 is 29.2 Å². The number of quaternary nitrogens is 1. The Bertz CT molecular complexity index is 437. The first kappa shape index (κ1) is 14.6. The minimum Gasteiger partial charge on any atom is -0.507 e. The van der Waals surface area contributed by atoms with Gasteiger partial charge in [-0.2, -0.15) is 26.3 Å². The molecule has 0 saturated carbocycles. The van der Waals surface area contributed by atoms with E-state index in [9.17, 15) is 31.4 Å². The topological polar surface area (TPSA) is 47.9 Å². The molecule has 0 radical (unpaired) electrons. The van der Waals surface area contributed by atoms with Crippen molar-refractivity contribution >= 4 is 0 Å². The lowest BCUT2D eigenvalue weighted by Crippen LogP contribution is -2.82. The van der Waals surface area contributed by atoms with Gasteiger partial charge in [-0.25, -0.2) is 0 Å². The smallest absolute Gasteiger partial charge is 0.458 e. The molecule has 0 aliphatic carbocycles. The Morgan fingerprint density at radius 2 is 1.44 bits per heavy atom. The van der Waals surface area contributed by atoms with Crippen LogP contribution in [-0.2, 0) is 5.54 Å². The molecule has 0 atom stereocenters. The van der Waals surface area contributed by atoms with Crippen LogP contribution in [0.5, 0.6) is 5.75 Å². The normalized spacial score (nSPS) is 13.8. The summed E-state index contributed by atoms with van der Waals surface area (Å²) in [5.41, 5.74) is -3.22. The Morgan fingerprint density at radius 1 is 1.00 bits per heavy atom. The molecule has 0 aliphatic rings. The maximum Gasteiger partial charge on any atom is 0.458 e. The Kier molecular flexibility index (Phi) is 3.28. The molecule has 0 amide bonds. The number of rotatable bonds is 1. The quantitative estimate of drug-likeness (QED) is 0.758. The number of hydrogen-bond donors (Lipinski definition) is 2. The first-order valence-electron chi connectivity index (χ1n) is 4.70. The Labute approximate surface area is 98.0 Å². The second-order valence-electron chi connectivity index (χ2n) is 3.92. The lowest BCUT2D eigenvalue weighted by atomic mass is 9.87. The summed E-state index contributed by atoms with van der Waals surface area (Å²) >= 11 is 0. The molecule has 0 fully saturated rings. The third kappa shape index (κ3) is 2.12. The monoisotopic (exact) mass is 274 g/mol. The highest BCUT2D eigenvalue weighted by molar-refractivity contribution is 5.41. The highest BCUT2D eigenvalue weighted by Crippen LogP contribution is 2.49. The van der Waals surface area contributed by atoms with Gasteiger partial charge in [0.25, 0.3) is 0 Å². The van der Waals surface area contributed by atoms with Crippen LogP contribution in [0.1, 0.15) is 11.1 Å². The average Bonchev–Trinajstić information content (AvgIpc) is 2.17. The van der Waals surface area contributed by atoms with Crippen molar-refractivity contribution in [3.63, 3.8) is 0 Å². The van der Waals surface area contributed by atoms with Gasteiger partial charge in [-0.05, 0) is 19.1 Å².